The monoisotopic (exact) mass is 339 g/mol. The molecule has 88 valence electrons. The van der Waals surface area contributed by atoms with Gasteiger partial charge >= 0.3 is 0 Å². The summed E-state index contributed by atoms with van der Waals surface area (Å²) >= 11 is 0. The highest BCUT2D eigenvalue weighted by molar-refractivity contribution is 5.79. The normalized spacial score (nSPS) is 9.94. The van der Waals surface area contributed by atoms with Gasteiger partial charge in [-0.2, -0.15) is 5.10 Å². The zero-order valence-electron chi connectivity index (χ0n) is 9.55. The molecule has 3 nitrogen and oxygen atoms in total. The summed E-state index contributed by atoms with van der Waals surface area (Å²) in [5, 5.41) is 4.16. The molecule has 2 aromatic rings. The van der Waals surface area contributed by atoms with E-state index in [1.807, 2.05) is 66.5 Å². The molecule has 0 radical (unpaired) electrons. The summed E-state index contributed by atoms with van der Waals surface area (Å²) in [6.45, 7) is 0. The van der Waals surface area contributed by atoms with Crippen LogP contribution in [0.5, 0.6) is 0 Å². The number of nitrogens with one attached hydrogen (secondary N) is 1. The number of aromatic nitrogens is 1. The number of para-hydroxylation sites is 1. The third-order valence-corrected chi connectivity index (χ3v) is 2.14. The zero-order valence-corrected chi connectivity index (χ0v) is 11.7. The lowest BCUT2D eigenvalue weighted by Crippen LogP contribution is -3.00. The number of anilines is 1. The summed E-state index contributed by atoms with van der Waals surface area (Å²) in [7, 11) is 1.99. The number of halogens is 1. The van der Waals surface area contributed by atoms with Crippen LogP contribution < -0.4 is 34.0 Å². The Bertz CT molecular complexity index is 483. The first-order valence-corrected chi connectivity index (χ1v) is 5.14. The molecule has 0 spiro atoms. The molecule has 17 heavy (non-hydrogen) atoms. The van der Waals surface area contributed by atoms with Crippen molar-refractivity contribution in [3.05, 3.63) is 60.4 Å². The Balaban J connectivity index is 0.00000144. The first-order valence-electron chi connectivity index (χ1n) is 5.14. The van der Waals surface area contributed by atoms with Crippen molar-refractivity contribution >= 4 is 11.9 Å². The number of hydrazone groups is 1. The number of benzene rings is 1. The SMILES string of the molecule is C[n+]1cccc(/C=N/Nc2ccccc2)c1.[I-]. The van der Waals surface area contributed by atoms with Gasteiger partial charge in [0.05, 0.1) is 17.5 Å². The van der Waals surface area contributed by atoms with E-state index in [1.165, 1.54) is 0 Å². The molecule has 0 atom stereocenters. The fourth-order valence-corrected chi connectivity index (χ4v) is 1.38. The van der Waals surface area contributed by atoms with Crippen LogP contribution in [0.3, 0.4) is 0 Å². The minimum atomic E-state index is 0. The van der Waals surface area contributed by atoms with Gasteiger partial charge in [-0.15, -0.1) is 0 Å². The predicted octanol–water partition coefficient (Wildman–Crippen LogP) is -1.04. The number of hydrogen-bond acceptors (Lipinski definition) is 2. The first kappa shape index (κ1) is 13.6. The molecule has 0 unspecified atom stereocenters. The molecule has 1 heterocycles. The Morgan fingerprint density at radius 3 is 2.59 bits per heavy atom. The maximum atomic E-state index is 4.16. The quantitative estimate of drug-likeness (QED) is 0.329. The second-order valence-electron chi connectivity index (χ2n) is 3.54. The Morgan fingerprint density at radius 2 is 1.88 bits per heavy atom. The average Bonchev–Trinajstić information content (AvgIpc) is 2.30. The third-order valence-electron chi connectivity index (χ3n) is 2.14. The van der Waals surface area contributed by atoms with Gasteiger partial charge in [0.1, 0.15) is 7.05 Å². The van der Waals surface area contributed by atoms with Gasteiger partial charge < -0.3 is 24.0 Å². The standard InChI is InChI=1S/C13H14N3.HI/c1-16-9-5-6-12(11-16)10-14-15-13-7-3-2-4-8-13;/h2-11,15H,1H3;1H/q+1;/p-1/b14-10+;. The Hall–Kier alpha value is -1.43. The molecule has 0 fully saturated rings. The molecule has 0 bridgehead atoms. The summed E-state index contributed by atoms with van der Waals surface area (Å²) in [6.07, 6.45) is 5.80. The molecule has 1 aromatic heterocycles. The van der Waals surface area contributed by atoms with Crippen molar-refractivity contribution in [1.29, 1.82) is 0 Å². The molecule has 0 aliphatic heterocycles. The highest BCUT2D eigenvalue weighted by Gasteiger charge is 1.93. The van der Waals surface area contributed by atoms with E-state index in [0.29, 0.717) is 0 Å². The predicted molar refractivity (Wildman–Crippen MR) is 65.3 cm³/mol. The molecule has 0 aliphatic carbocycles. The van der Waals surface area contributed by atoms with E-state index < -0.39 is 0 Å². The van der Waals surface area contributed by atoms with E-state index in [9.17, 15) is 0 Å². The highest BCUT2D eigenvalue weighted by Crippen LogP contribution is 2.04. The second kappa shape index (κ2) is 7.01. The van der Waals surface area contributed by atoms with Gasteiger partial charge in [0.15, 0.2) is 12.4 Å². The molecule has 2 rings (SSSR count). The topological polar surface area (TPSA) is 28.3 Å². The summed E-state index contributed by atoms with van der Waals surface area (Å²) < 4.78 is 1.99. The zero-order chi connectivity index (χ0) is 11.2. The van der Waals surface area contributed by atoms with Gasteiger partial charge in [-0.25, -0.2) is 4.57 Å². The number of aryl methyl sites for hydroxylation is 1. The van der Waals surface area contributed by atoms with E-state index in [2.05, 4.69) is 10.5 Å². The van der Waals surface area contributed by atoms with Gasteiger partial charge in [0.25, 0.3) is 0 Å². The molecule has 1 aromatic carbocycles. The second-order valence-corrected chi connectivity index (χ2v) is 3.54. The molecular formula is C13H14IN3. The maximum absolute atomic E-state index is 4.16. The van der Waals surface area contributed by atoms with Crippen LogP contribution in [0.1, 0.15) is 5.56 Å². The van der Waals surface area contributed by atoms with Crippen molar-refractivity contribution in [2.75, 3.05) is 5.43 Å². The highest BCUT2D eigenvalue weighted by atomic mass is 127. The van der Waals surface area contributed by atoms with Crippen LogP contribution in [-0.2, 0) is 7.05 Å². The molecule has 0 amide bonds. The Labute approximate surface area is 118 Å². The van der Waals surface area contributed by atoms with E-state index in [4.69, 9.17) is 0 Å². The summed E-state index contributed by atoms with van der Waals surface area (Å²) in [5.74, 6) is 0. The average molecular weight is 339 g/mol. The van der Waals surface area contributed by atoms with Crippen LogP contribution in [0.15, 0.2) is 60.0 Å². The van der Waals surface area contributed by atoms with Crippen LogP contribution in [0.2, 0.25) is 0 Å². The molecule has 0 saturated carbocycles. The van der Waals surface area contributed by atoms with Gasteiger partial charge in [0, 0.05) is 6.07 Å². The Kier molecular flexibility index (Phi) is 5.62. The van der Waals surface area contributed by atoms with Gasteiger partial charge in [-0.3, -0.25) is 5.43 Å². The molecule has 0 aliphatic rings. The van der Waals surface area contributed by atoms with Crippen LogP contribution in [0, 0.1) is 0 Å². The van der Waals surface area contributed by atoms with Crippen molar-refractivity contribution < 1.29 is 28.5 Å². The van der Waals surface area contributed by atoms with Crippen molar-refractivity contribution in [1.82, 2.24) is 0 Å². The molecule has 1 N–H and O–H groups in total. The van der Waals surface area contributed by atoms with Gasteiger partial charge in [-0.05, 0) is 18.2 Å². The van der Waals surface area contributed by atoms with Gasteiger partial charge in [0.2, 0.25) is 0 Å². The van der Waals surface area contributed by atoms with Crippen LogP contribution in [0.25, 0.3) is 0 Å². The van der Waals surface area contributed by atoms with E-state index in [1.54, 1.807) is 6.21 Å². The molecule has 4 heteroatoms. The molecule has 0 saturated heterocycles. The van der Waals surface area contributed by atoms with Crippen molar-refractivity contribution in [2.24, 2.45) is 12.1 Å². The van der Waals surface area contributed by atoms with Crippen molar-refractivity contribution in [3.63, 3.8) is 0 Å². The van der Waals surface area contributed by atoms with Crippen molar-refractivity contribution in [2.45, 2.75) is 0 Å². The van der Waals surface area contributed by atoms with E-state index in [-0.39, 0.29) is 24.0 Å². The maximum Gasteiger partial charge on any atom is 0.177 e. The minimum Gasteiger partial charge on any atom is -1.00 e. The summed E-state index contributed by atoms with van der Waals surface area (Å²) in [6, 6.07) is 13.9. The van der Waals surface area contributed by atoms with E-state index >= 15 is 0 Å². The third kappa shape index (κ3) is 4.52. The fourth-order valence-electron chi connectivity index (χ4n) is 1.38. The van der Waals surface area contributed by atoms with Crippen molar-refractivity contribution in [3.8, 4) is 0 Å². The Morgan fingerprint density at radius 1 is 1.12 bits per heavy atom. The molecular weight excluding hydrogens is 325 g/mol. The lowest BCUT2D eigenvalue weighted by atomic mass is 10.3. The largest absolute Gasteiger partial charge is 1.00 e. The fraction of sp³-hybridized carbons (Fsp3) is 0.0769. The van der Waals surface area contributed by atoms with Gasteiger partial charge in [-0.1, -0.05) is 18.2 Å². The number of hydrogen-bond donors (Lipinski definition) is 1. The van der Waals surface area contributed by atoms with Crippen LogP contribution in [-0.4, -0.2) is 6.21 Å². The minimum absolute atomic E-state index is 0. The van der Waals surface area contributed by atoms with Crippen LogP contribution in [0.4, 0.5) is 5.69 Å². The number of nitrogens with zero attached hydrogens (tertiary/aromatic N) is 2. The number of rotatable bonds is 3. The smallest absolute Gasteiger partial charge is 0.177 e. The lowest BCUT2D eigenvalue weighted by Gasteiger charge is -1.97. The number of pyridine rings is 1. The lowest BCUT2D eigenvalue weighted by molar-refractivity contribution is -0.671. The van der Waals surface area contributed by atoms with E-state index in [0.717, 1.165) is 11.3 Å². The van der Waals surface area contributed by atoms with Crippen LogP contribution >= 0.6 is 0 Å². The summed E-state index contributed by atoms with van der Waals surface area (Å²) in [4.78, 5) is 0. The summed E-state index contributed by atoms with van der Waals surface area (Å²) in [5.41, 5.74) is 5.02. The first-order chi connectivity index (χ1) is 7.84.